The van der Waals surface area contributed by atoms with Gasteiger partial charge in [-0.25, -0.2) is 4.79 Å². The molecule has 1 aromatic heterocycles. The Kier molecular flexibility index (Phi) is 3.89. The van der Waals surface area contributed by atoms with Gasteiger partial charge < -0.3 is 9.84 Å². The zero-order chi connectivity index (χ0) is 15.5. The lowest BCUT2D eigenvalue weighted by Gasteiger charge is -2.05. The van der Waals surface area contributed by atoms with Gasteiger partial charge in [-0.15, -0.1) is 0 Å². The van der Waals surface area contributed by atoms with E-state index in [0.717, 1.165) is 21.9 Å². The van der Waals surface area contributed by atoms with Crippen LogP contribution < -0.4 is 0 Å². The molecule has 3 aromatic rings. The van der Waals surface area contributed by atoms with E-state index in [4.69, 9.17) is 9.84 Å². The number of aromatic carboxylic acids is 1. The summed E-state index contributed by atoms with van der Waals surface area (Å²) >= 11 is 0. The fourth-order valence-electron chi connectivity index (χ4n) is 2.48. The lowest BCUT2D eigenvalue weighted by molar-refractivity contribution is 0.0697. The average molecular weight is 296 g/mol. The van der Waals surface area contributed by atoms with Crippen molar-refractivity contribution < 1.29 is 14.6 Å². The zero-order valence-corrected chi connectivity index (χ0v) is 12.2. The molecule has 5 nitrogen and oxygen atoms in total. The van der Waals surface area contributed by atoms with Gasteiger partial charge in [0, 0.05) is 18.9 Å². The molecule has 2 aromatic carbocycles. The Morgan fingerprint density at radius 1 is 1.32 bits per heavy atom. The van der Waals surface area contributed by atoms with E-state index in [0.29, 0.717) is 18.7 Å². The van der Waals surface area contributed by atoms with Crippen LogP contribution in [0.3, 0.4) is 0 Å². The van der Waals surface area contributed by atoms with Crippen LogP contribution in [0.2, 0.25) is 0 Å². The van der Waals surface area contributed by atoms with Gasteiger partial charge in [-0.3, -0.25) is 4.68 Å². The number of carboxylic acid groups (broad SMARTS) is 1. The highest BCUT2D eigenvalue weighted by Crippen LogP contribution is 2.29. The third-order valence-corrected chi connectivity index (χ3v) is 3.60. The van der Waals surface area contributed by atoms with Crippen molar-refractivity contribution in [3.63, 3.8) is 0 Å². The summed E-state index contributed by atoms with van der Waals surface area (Å²) < 4.78 is 6.89. The van der Waals surface area contributed by atoms with Gasteiger partial charge in [-0.2, -0.15) is 5.10 Å². The number of nitrogens with zero attached hydrogens (tertiary/aromatic N) is 2. The van der Waals surface area contributed by atoms with Gasteiger partial charge in [0.25, 0.3) is 0 Å². The number of carboxylic acids is 1. The van der Waals surface area contributed by atoms with Crippen LogP contribution in [-0.2, 0) is 11.3 Å². The monoisotopic (exact) mass is 296 g/mol. The normalized spacial score (nSPS) is 11.0. The third kappa shape index (κ3) is 2.71. The maximum absolute atomic E-state index is 11.1. The number of aromatic nitrogens is 2. The van der Waals surface area contributed by atoms with Crippen LogP contribution in [0, 0.1) is 0 Å². The number of ether oxygens (including phenoxy) is 1. The number of fused-ring (bicyclic) bond motifs is 1. The molecule has 0 saturated carbocycles. The van der Waals surface area contributed by atoms with Crippen LogP contribution in [0.15, 0.2) is 48.8 Å². The molecule has 3 rings (SSSR count). The maximum atomic E-state index is 11.1. The van der Waals surface area contributed by atoms with E-state index in [1.807, 2.05) is 41.3 Å². The summed E-state index contributed by atoms with van der Waals surface area (Å²) in [5, 5.41) is 15.3. The topological polar surface area (TPSA) is 64.3 Å². The van der Waals surface area contributed by atoms with Gasteiger partial charge >= 0.3 is 5.97 Å². The van der Waals surface area contributed by atoms with Crippen LogP contribution in [-0.4, -0.2) is 34.6 Å². The molecule has 0 amide bonds. The maximum Gasteiger partial charge on any atom is 0.335 e. The van der Waals surface area contributed by atoms with E-state index in [1.54, 1.807) is 19.2 Å². The first-order valence-corrected chi connectivity index (χ1v) is 6.97. The minimum Gasteiger partial charge on any atom is -0.478 e. The minimum atomic E-state index is -0.917. The van der Waals surface area contributed by atoms with Crippen LogP contribution in [0.1, 0.15) is 10.4 Å². The van der Waals surface area contributed by atoms with Gasteiger partial charge in [0.05, 0.1) is 24.9 Å². The van der Waals surface area contributed by atoms with E-state index in [-0.39, 0.29) is 0 Å². The molecule has 5 heteroatoms. The van der Waals surface area contributed by atoms with Crippen LogP contribution in [0.5, 0.6) is 0 Å². The molecule has 0 aliphatic carbocycles. The summed E-state index contributed by atoms with van der Waals surface area (Å²) in [4.78, 5) is 11.1. The molecule has 112 valence electrons. The number of carbonyl (C=O) groups is 1. The first kappa shape index (κ1) is 14.3. The Bertz CT molecular complexity index is 824. The number of benzene rings is 2. The molecule has 1 N–H and O–H groups in total. The molecule has 0 fully saturated rings. The predicted octanol–water partition coefficient (Wildman–Crippen LogP) is 3.05. The Labute approximate surface area is 127 Å². The van der Waals surface area contributed by atoms with Gasteiger partial charge in [0.2, 0.25) is 0 Å². The van der Waals surface area contributed by atoms with Crippen LogP contribution in [0.25, 0.3) is 21.9 Å². The van der Waals surface area contributed by atoms with Gasteiger partial charge in [0.1, 0.15) is 0 Å². The molecule has 22 heavy (non-hydrogen) atoms. The van der Waals surface area contributed by atoms with Crippen molar-refractivity contribution in [2.45, 2.75) is 6.54 Å². The van der Waals surface area contributed by atoms with Gasteiger partial charge in [-0.1, -0.05) is 24.3 Å². The molecular formula is C17H16N2O3. The van der Waals surface area contributed by atoms with Crippen molar-refractivity contribution in [2.24, 2.45) is 0 Å². The lowest BCUT2D eigenvalue weighted by Crippen LogP contribution is -2.03. The molecule has 0 saturated heterocycles. The number of rotatable bonds is 5. The Morgan fingerprint density at radius 3 is 2.95 bits per heavy atom. The fourth-order valence-corrected chi connectivity index (χ4v) is 2.48. The smallest absolute Gasteiger partial charge is 0.335 e. The first-order valence-electron chi connectivity index (χ1n) is 6.97. The molecule has 0 unspecified atom stereocenters. The second-order valence-electron chi connectivity index (χ2n) is 5.03. The standard InChI is InChI=1S/C17H16N2O3/c1-22-8-7-19-11-14(10-18-19)15-4-2-3-12-9-13(17(20)21)5-6-16(12)15/h2-6,9-11H,7-8H2,1H3,(H,20,21). The molecule has 0 aliphatic heterocycles. The highest BCUT2D eigenvalue weighted by atomic mass is 16.5. The SMILES string of the molecule is COCCn1cc(-c2cccc3cc(C(=O)O)ccc23)cn1. The zero-order valence-electron chi connectivity index (χ0n) is 12.2. The molecule has 0 spiro atoms. The van der Waals surface area contributed by atoms with Gasteiger partial charge in [-0.05, 0) is 28.5 Å². The summed E-state index contributed by atoms with van der Waals surface area (Å²) in [6.45, 7) is 1.31. The summed E-state index contributed by atoms with van der Waals surface area (Å²) in [6, 6.07) is 11.0. The largest absolute Gasteiger partial charge is 0.478 e. The van der Waals surface area contributed by atoms with E-state index in [2.05, 4.69) is 5.10 Å². The second kappa shape index (κ2) is 5.99. The van der Waals surface area contributed by atoms with Crippen molar-refractivity contribution in [3.8, 4) is 11.1 Å². The summed E-state index contributed by atoms with van der Waals surface area (Å²) in [7, 11) is 1.66. The highest BCUT2D eigenvalue weighted by molar-refractivity contribution is 6.00. The second-order valence-corrected chi connectivity index (χ2v) is 5.03. The number of hydrogen-bond donors (Lipinski definition) is 1. The summed E-state index contributed by atoms with van der Waals surface area (Å²) in [5.41, 5.74) is 2.34. The van der Waals surface area contributed by atoms with E-state index >= 15 is 0 Å². The molecule has 0 radical (unpaired) electrons. The Hall–Kier alpha value is -2.66. The van der Waals surface area contributed by atoms with Crippen LogP contribution in [0.4, 0.5) is 0 Å². The van der Waals surface area contributed by atoms with Crippen molar-refractivity contribution in [2.75, 3.05) is 13.7 Å². The highest BCUT2D eigenvalue weighted by Gasteiger charge is 2.09. The quantitative estimate of drug-likeness (QED) is 0.786. The minimum absolute atomic E-state index is 0.292. The van der Waals surface area contributed by atoms with Crippen LogP contribution >= 0.6 is 0 Å². The molecule has 1 heterocycles. The molecule has 0 bridgehead atoms. The lowest BCUT2D eigenvalue weighted by atomic mass is 9.99. The summed E-state index contributed by atoms with van der Waals surface area (Å²) in [5.74, 6) is -0.917. The van der Waals surface area contributed by atoms with E-state index in [1.165, 1.54) is 0 Å². The summed E-state index contributed by atoms with van der Waals surface area (Å²) in [6.07, 6.45) is 3.79. The van der Waals surface area contributed by atoms with Crippen molar-refractivity contribution >= 4 is 16.7 Å². The average Bonchev–Trinajstić information content (AvgIpc) is 3.00. The molecule has 0 atom stereocenters. The van der Waals surface area contributed by atoms with Crippen molar-refractivity contribution in [1.82, 2.24) is 9.78 Å². The van der Waals surface area contributed by atoms with Gasteiger partial charge in [0.15, 0.2) is 0 Å². The first-order chi connectivity index (χ1) is 10.7. The molecular weight excluding hydrogens is 280 g/mol. The third-order valence-electron chi connectivity index (χ3n) is 3.60. The number of methoxy groups -OCH3 is 1. The Balaban J connectivity index is 2.03. The Morgan fingerprint density at radius 2 is 2.18 bits per heavy atom. The van der Waals surface area contributed by atoms with E-state index < -0.39 is 5.97 Å². The fraction of sp³-hybridized carbons (Fsp3) is 0.176. The van der Waals surface area contributed by atoms with Crippen molar-refractivity contribution in [1.29, 1.82) is 0 Å². The number of hydrogen-bond acceptors (Lipinski definition) is 3. The predicted molar refractivity (Wildman–Crippen MR) is 84.0 cm³/mol. The molecule has 0 aliphatic rings. The van der Waals surface area contributed by atoms with Crippen molar-refractivity contribution in [3.05, 3.63) is 54.4 Å². The van der Waals surface area contributed by atoms with E-state index in [9.17, 15) is 4.79 Å².